The average molecular weight is 319 g/mol. The van der Waals surface area contributed by atoms with E-state index in [1.165, 1.54) is 0 Å². The fourth-order valence-electron chi connectivity index (χ4n) is 2.27. The van der Waals surface area contributed by atoms with Gasteiger partial charge in [0.2, 0.25) is 0 Å². The van der Waals surface area contributed by atoms with Crippen LogP contribution >= 0.6 is 11.6 Å². The Labute approximate surface area is 135 Å². The van der Waals surface area contributed by atoms with Crippen LogP contribution in [0.1, 0.15) is 22.3 Å². The lowest BCUT2D eigenvalue weighted by Gasteiger charge is -2.17. The van der Waals surface area contributed by atoms with Crippen molar-refractivity contribution < 1.29 is 14.6 Å². The summed E-state index contributed by atoms with van der Waals surface area (Å²) in [4.78, 5) is 11.5. The van der Waals surface area contributed by atoms with Crippen molar-refractivity contribution in [3.63, 3.8) is 0 Å². The van der Waals surface area contributed by atoms with Gasteiger partial charge in [0.05, 0.1) is 0 Å². The number of carbonyl (C=O) groups is 1. The number of carboxylic acid groups (broad SMARTS) is 1. The highest BCUT2D eigenvalue weighted by Gasteiger charge is 2.21. The minimum absolute atomic E-state index is 0.324. The second-order valence-electron chi connectivity index (χ2n) is 5.42. The first kappa shape index (κ1) is 16.4. The first-order valence-electron chi connectivity index (χ1n) is 7.09. The summed E-state index contributed by atoms with van der Waals surface area (Å²) < 4.78 is 5.65. The van der Waals surface area contributed by atoms with Crippen LogP contribution in [0, 0.1) is 20.8 Å². The number of carboxylic acids is 1. The molecule has 0 bridgehead atoms. The number of ether oxygens (including phenoxy) is 1. The predicted molar refractivity (Wildman–Crippen MR) is 87.9 cm³/mol. The molecular formula is C18H19ClO3. The number of hydrogen-bond donors (Lipinski definition) is 1. The van der Waals surface area contributed by atoms with Crippen LogP contribution in [0.25, 0.3) is 0 Å². The van der Waals surface area contributed by atoms with E-state index in [1.54, 1.807) is 18.2 Å². The first-order chi connectivity index (χ1) is 10.4. The normalized spacial score (nSPS) is 12.0. The molecule has 0 saturated carbocycles. The third-order valence-electron chi connectivity index (χ3n) is 3.81. The van der Waals surface area contributed by atoms with Gasteiger partial charge >= 0.3 is 5.97 Å². The molecular weight excluding hydrogens is 300 g/mol. The van der Waals surface area contributed by atoms with E-state index in [-0.39, 0.29) is 0 Å². The van der Waals surface area contributed by atoms with Gasteiger partial charge in [-0.05, 0) is 61.2 Å². The van der Waals surface area contributed by atoms with Crippen molar-refractivity contribution in [1.29, 1.82) is 0 Å². The zero-order valence-corrected chi connectivity index (χ0v) is 13.6. The van der Waals surface area contributed by atoms with E-state index in [0.29, 0.717) is 17.2 Å². The molecule has 1 N–H and O–H groups in total. The molecule has 2 rings (SSSR count). The lowest BCUT2D eigenvalue weighted by Crippen LogP contribution is -2.29. The van der Waals surface area contributed by atoms with E-state index in [4.69, 9.17) is 16.3 Å². The Kier molecular flexibility index (Phi) is 5.09. The molecule has 3 nitrogen and oxygen atoms in total. The van der Waals surface area contributed by atoms with Crippen molar-refractivity contribution in [2.75, 3.05) is 0 Å². The highest BCUT2D eigenvalue weighted by atomic mass is 35.5. The lowest BCUT2D eigenvalue weighted by atomic mass is 9.98. The molecule has 0 aliphatic carbocycles. The molecule has 22 heavy (non-hydrogen) atoms. The second kappa shape index (κ2) is 6.84. The molecule has 0 amide bonds. The first-order valence-corrected chi connectivity index (χ1v) is 7.47. The van der Waals surface area contributed by atoms with Crippen LogP contribution in [0.5, 0.6) is 5.75 Å². The number of halogens is 1. The van der Waals surface area contributed by atoms with Crippen LogP contribution in [0.2, 0.25) is 5.02 Å². The molecule has 2 aromatic carbocycles. The van der Waals surface area contributed by atoms with Gasteiger partial charge in [-0.15, -0.1) is 0 Å². The molecule has 2 aromatic rings. The topological polar surface area (TPSA) is 46.5 Å². The summed E-state index contributed by atoms with van der Waals surface area (Å²) in [7, 11) is 0. The van der Waals surface area contributed by atoms with Crippen LogP contribution in [0.3, 0.4) is 0 Å². The second-order valence-corrected chi connectivity index (χ2v) is 5.83. The maximum absolute atomic E-state index is 11.5. The molecule has 0 spiro atoms. The Hall–Kier alpha value is -2.00. The summed E-state index contributed by atoms with van der Waals surface area (Å²) in [6, 6.07) is 11.0. The van der Waals surface area contributed by atoms with Gasteiger partial charge in [0.1, 0.15) is 5.75 Å². The fraction of sp³-hybridized carbons (Fsp3) is 0.278. The van der Waals surface area contributed by atoms with Crippen molar-refractivity contribution in [3.8, 4) is 5.75 Å². The highest BCUT2D eigenvalue weighted by molar-refractivity contribution is 6.31. The van der Waals surface area contributed by atoms with Crippen LogP contribution < -0.4 is 4.74 Å². The zero-order valence-electron chi connectivity index (χ0n) is 12.9. The van der Waals surface area contributed by atoms with Gasteiger partial charge in [0.15, 0.2) is 6.10 Å². The van der Waals surface area contributed by atoms with Crippen LogP contribution in [0.15, 0.2) is 36.4 Å². The van der Waals surface area contributed by atoms with E-state index in [0.717, 1.165) is 22.3 Å². The van der Waals surface area contributed by atoms with Gasteiger partial charge in [-0.25, -0.2) is 4.79 Å². The lowest BCUT2D eigenvalue weighted by molar-refractivity contribution is -0.145. The van der Waals surface area contributed by atoms with E-state index in [1.807, 2.05) is 39.0 Å². The molecule has 0 aromatic heterocycles. The van der Waals surface area contributed by atoms with Crippen LogP contribution in [-0.4, -0.2) is 17.2 Å². The van der Waals surface area contributed by atoms with Crippen molar-refractivity contribution in [3.05, 3.63) is 63.7 Å². The summed E-state index contributed by atoms with van der Waals surface area (Å²) in [5.41, 5.74) is 4.08. The third-order valence-corrected chi connectivity index (χ3v) is 4.23. The number of aliphatic carboxylic acids is 1. The maximum atomic E-state index is 11.5. The van der Waals surface area contributed by atoms with E-state index in [9.17, 15) is 9.90 Å². The molecule has 0 saturated heterocycles. The Bertz CT molecular complexity index is 695. The molecule has 116 valence electrons. The van der Waals surface area contributed by atoms with Crippen LogP contribution in [-0.2, 0) is 11.2 Å². The van der Waals surface area contributed by atoms with Gasteiger partial charge in [0.25, 0.3) is 0 Å². The quantitative estimate of drug-likeness (QED) is 0.892. The molecule has 0 heterocycles. The number of benzene rings is 2. The largest absolute Gasteiger partial charge is 0.478 e. The molecule has 0 radical (unpaired) electrons. The summed E-state index contributed by atoms with van der Waals surface area (Å²) >= 11 is 5.98. The van der Waals surface area contributed by atoms with Crippen molar-refractivity contribution in [1.82, 2.24) is 0 Å². The minimum Gasteiger partial charge on any atom is -0.478 e. The molecule has 0 unspecified atom stereocenters. The third kappa shape index (κ3) is 3.80. The zero-order chi connectivity index (χ0) is 16.3. The van der Waals surface area contributed by atoms with Crippen molar-refractivity contribution >= 4 is 17.6 Å². The van der Waals surface area contributed by atoms with Crippen molar-refractivity contribution in [2.24, 2.45) is 0 Å². The summed E-state index contributed by atoms with van der Waals surface area (Å²) in [6.07, 6.45) is -0.606. The molecule has 4 heteroatoms. The average Bonchev–Trinajstić information content (AvgIpc) is 2.46. The van der Waals surface area contributed by atoms with Gasteiger partial charge in [-0.2, -0.15) is 0 Å². The summed E-state index contributed by atoms with van der Waals surface area (Å²) in [5.74, 6) is -0.465. The maximum Gasteiger partial charge on any atom is 0.345 e. The number of rotatable bonds is 5. The van der Waals surface area contributed by atoms with Gasteiger partial charge in [-0.1, -0.05) is 29.8 Å². The molecule has 1 atom stereocenters. The number of hydrogen-bond acceptors (Lipinski definition) is 2. The SMILES string of the molecule is Cc1cc(O[C@H](Cc2cccc(C)c2C)C(=O)O)ccc1Cl. The fourth-order valence-corrected chi connectivity index (χ4v) is 2.38. The van der Waals surface area contributed by atoms with E-state index < -0.39 is 12.1 Å². The summed E-state index contributed by atoms with van der Waals surface area (Å²) in [5, 5.41) is 10.1. The summed E-state index contributed by atoms with van der Waals surface area (Å²) in [6.45, 7) is 5.86. The Balaban J connectivity index is 2.21. The van der Waals surface area contributed by atoms with E-state index >= 15 is 0 Å². The van der Waals surface area contributed by atoms with Gasteiger partial charge in [0, 0.05) is 11.4 Å². The van der Waals surface area contributed by atoms with Crippen molar-refractivity contribution in [2.45, 2.75) is 33.3 Å². The highest BCUT2D eigenvalue weighted by Crippen LogP contribution is 2.23. The van der Waals surface area contributed by atoms with Gasteiger partial charge in [-0.3, -0.25) is 0 Å². The Morgan fingerprint density at radius 1 is 1.18 bits per heavy atom. The monoisotopic (exact) mass is 318 g/mol. The predicted octanol–water partition coefficient (Wildman–Crippen LogP) is 4.34. The molecule has 0 aliphatic rings. The molecule has 0 aliphatic heterocycles. The standard InChI is InChI=1S/C18H19ClO3/c1-11-5-4-6-14(13(11)3)10-17(18(20)21)22-15-7-8-16(19)12(2)9-15/h4-9,17H,10H2,1-3H3,(H,20,21)/t17-/m1/s1. The Morgan fingerprint density at radius 3 is 2.55 bits per heavy atom. The molecule has 0 fully saturated rings. The smallest absolute Gasteiger partial charge is 0.345 e. The Morgan fingerprint density at radius 2 is 1.91 bits per heavy atom. The number of aryl methyl sites for hydroxylation is 2. The minimum atomic E-state index is -0.978. The van der Waals surface area contributed by atoms with Gasteiger partial charge < -0.3 is 9.84 Å². The van der Waals surface area contributed by atoms with Crippen LogP contribution in [0.4, 0.5) is 0 Å². The van der Waals surface area contributed by atoms with E-state index in [2.05, 4.69) is 0 Å².